The average Bonchev–Trinajstić information content (AvgIpc) is 3.00. The highest BCUT2D eigenvalue weighted by atomic mass is 16.6. The lowest BCUT2D eigenvalue weighted by atomic mass is 10.0. The van der Waals surface area contributed by atoms with E-state index in [2.05, 4.69) is 15.3 Å². The van der Waals surface area contributed by atoms with Gasteiger partial charge in [0, 0.05) is 17.0 Å². The first-order valence-corrected chi connectivity index (χ1v) is 5.95. The standard InChI is InChI=1S/C13H9N5O3/c19-13-9(6-16-17-7-14-15-8-17)5-12(18(20)21)10-3-1-2-4-11(10)13/h1-8,19H/b16-6+. The number of non-ortho nitro benzene ring substituents is 1. The zero-order valence-corrected chi connectivity index (χ0v) is 10.6. The number of aromatic hydroxyl groups is 1. The van der Waals surface area contributed by atoms with E-state index in [-0.39, 0.29) is 17.0 Å². The van der Waals surface area contributed by atoms with Crippen molar-refractivity contribution in [1.29, 1.82) is 0 Å². The summed E-state index contributed by atoms with van der Waals surface area (Å²) in [6.07, 6.45) is 4.05. The van der Waals surface area contributed by atoms with Gasteiger partial charge in [-0.2, -0.15) is 5.10 Å². The highest BCUT2D eigenvalue weighted by molar-refractivity contribution is 6.02. The van der Waals surface area contributed by atoms with Gasteiger partial charge in [0.15, 0.2) is 0 Å². The molecule has 1 N–H and O–H groups in total. The Hall–Kier alpha value is -3.29. The summed E-state index contributed by atoms with van der Waals surface area (Å²) in [5.74, 6) is -0.0620. The first-order valence-electron chi connectivity index (χ1n) is 5.95. The van der Waals surface area contributed by atoms with Crippen LogP contribution in [0, 0.1) is 10.1 Å². The average molecular weight is 283 g/mol. The van der Waals surface area contributed by atoms with Gasteiger partial charge in [0.1, 0.15) is 18.4 Å². The van der Waals surface area contributed by atoms with Crippen LogP contribution in [0.25, 0.3) is 10.8 Å². The van der Waals surface area contributed by atoms with Gasteiger partial charge in [0.2, 0.25) is 0 Å². The van der Waals surface area contributed by atoms with Crippen LogP contribution in [-0.4, -0.2) is 31.1 Å². The molecule has 0 unspecified atom stereocenters. The van der Waals surface area contributed by atoms with Crippen molar-refractivity contribution in [3.8, 4) is 5.75 Å². The van der Waals surface area contributed by atoms with E-state index in [4.69, 9.17) is 0 Å². The second-order valence-electron chi connectivity index (χ2n) is 4.22. The molecule has 21 heavy (non-hydrogen) atoms. The summed E-state index contributed by atoms with van der Waals surface area (Å²) >= 11 is 0. The van der Waals surface area contributed by atoms with Crippen LogP contribution in [0.3, 0.4) is 0 Å². The third kappa shape index (κ3) is 2.29. The number of benzene rings is 2. The molecule has 1 heterocycles. The lowest BCUT2D eigenvalue weighted by Gasteiger charge is -2.05. The Morgan fingerprint density at radius 1 is 1.24 bits per heavy atom. The number of fused-ring (bicyclic) bond motifs is 1. The largest absolute Gasteiger partial charge is 0.507 e. The molecular weight excluding hydrogens is 274 g/mol. The highest BCUT2D eigenvalue weighted by Gasteiger charge is 2.17. The third-order valence-corrected chi connectivity index (χ3v) is 2.96. The third-order valence-electron chi connectivity index (χ3n) is 2.96. The summed E-state index contributed by atoms with van der Waals surface area (Å²) in [6.45, 7) is 0. The molecule has 0 saturated heterocycles. The number of nitro benzene ring substituents is 1. The Bertz CT molecular complexity index is 842. The monoisotopic (exact) mass is 283 g/mol. The molecule has 8 heteroatoms. The maximum atomic E-state index is 11.2. The van der Waals surface area contributed by atoms with Crippen molar-refractivity contribution in [3.05, 3.63) is 58.7 Å². The quantitative estimate of drug-likeness (QED) is 0.449. The summed E-state index contributed by atoms with van der Waals surface area (Å²) in [5.41, 5.74) is 0.155. The van der Waals surface area contributed by atoms with Crippen molar-refractivity contribution in [2.75, 3.05) is 0 Å². The predicted molar refractivity (Wildman–Crippen MR) is 75.3 cm³/mol. The van der Waals surface area contributed by atoms with Gasteiger partial charge in [-0.15, -0.1) is 10.2 Å². The minimum Gasteiger partial charge on any atom is -0.507 e. The smallest absolute Gasteiger partial charge is 0.278 e. The van der Waals surface area contributed by atoms with Crippen LogP contribution in [0.15, 0.2) is 48.1 Å². The lowest BCUT2D eigenvalue weighted by molar-refractivity contribution is -0.383. The summed E-state index contributed by atoms with van der Waals surface area (Å²) in [6, 6.07) is 7.87. The van der Waals surface area contributed by atoms with Crippen molar-refractivity contribution >= 4 is 22.7 Å². The fourth-order valence-corrected chi connectivity index (χ4v) is 2.00. The minimum atomic E-state index is -0.488. The molecule has 3 rings (SSSR count). The Morgan fingerprint density at radius 2 is 1.90 bits per heavy atom. The molecule has 0 aliphatic heterocycles. The zero-order valence-electron chi connectivity index (χ0n) is 10.6. The molecule has 8 nitrogen and oxygen atoms in total. The van der Waals surface area contributed by atoms with Gasteiger partial charge < -0.3 is 5.11 Å². The number of nitrogens with zero attached hydrogens (tertiary/aromatic N) is 5. The molecule has 3 aromatic rings. The van der Waals surface area contributed by atoms with Crippen LogP contribution in [0.1, 0.15) is 5.56 Å². The molecular formula is C13H9N5O3. The number of rotatable bonds is 3. The van der Waals surface area contributed by atoms with Crippen molar-refractivity contribution < 1.29 is 10.0 Å². The van der Waals surface area contributed by atoms with E-state index < -0.39 is 4.92 Å². The molecule has 0 aliphatic carbocycles. The second kappa shape index (κ2) is 5.00. The number of hydrogen-bond acceptors (Lipinski definition) is 6. The van der Waals surface area contributed by atoms with Crippen LogP contribution in [0.5, 0.6) is 5.75 Å². The van der Waals surface area contributed by atoms with Crippen LogP contribution < -0.4 is 0 Å². The first-order chi connectivity index (χ1) is 10.2. The van der Waals surface area contributed by atoms with Crippen LogP contribution >= 0.6 is 0 Å². The number of nitro groups is 1. The maximum absolute atomic E-state index is 11.2. The van der Waals surface area contributed by atoms with Crippen molar-refractivity contribution in [2.24, 2.45) is 5.10 Å². The molecule has 0 fully saturated rings. The highest BCUT2D eigenvalue weighted by Crippen LogP contribution is 2.34. The van der Waals surface area contributed by atoms with E-state index in [1.807, 2.05) is 0 Å². The van der Waals surface area contributed by atoms with Gasteiger partial charge in [0.05, 0.1) is 16.5 Å². The fraction of sp³-hybridized carbons (Fsp3) is 0. The van der Waals surface area contributed by atoms with Gasteiger partial charge in [-0.3, -0.25) is 10.1 Å². The molecule has 0 spiro atoms. The Morgan fingerprint density at radius 3 is 2.57 bits per heavy atom. The SMILES string of the molecule is O=[N+]([O-])c1cc(/C=N/n2cnnc2)c(O)c2ccccc12. The number of phenolic OH excluding ortho intramolecular Hbond substituents is 1. The fourth-order valence-electron chi connectivity index (χ4n) is 2.00. The van der Waals surface area contributed by atoms with Gasteiger partial charge in [-0.25, -0.2) is 4.68 Å². The summed E-state index contributed by atoms with van der Waals surface area (Å²) < 4.78 is 1.32. The van der Waals surface area contributed by atoms with Crippen molar-refractivity contribution in [2.45, 2.75) is 0 Å². The summed E-state index contributed by atoms with van der Waals surface area (Å²) in [5, 5.41) is 33.3. The molecule has 0 amide bonds. The number of hydrogen-bond donors (Lipinski definition) is 1. The zero-order chi connectivity index (χ0) is 14.8. The van der Waals surface area contributed by atoms with Crippen LogP contribution in [-0.2, 0) is 0 Å². The van der Waals surface area contributed by atoms with E-state index >= 15 is 0 Å². The minimum absolute atomic E-state index is 0.0620. The van der Waals surface area contributed by atoms with E-state index in [1.165, 1.54) is 29.6 Å². The number of phenols is 1. The van der Waals surface area contributed by atoms with Crippen LogP contribution in [0.4, 0.5) is 5.69 Å². The Labute approximate surface area is 118 Å². The number of aromatic nitrogens is 3. The molecule has 0 bridgehead atoms. The van der Waals surface area contributed by atoms with Crippen molar-refractivity contribution in [3.63, 3.8) is 0 Å². The first kappa shape index (κ1) is 12.7. The predicted octanol–water partition coefficient (Wildman–Crippen LogP) is 1.93. The lowest BCUT2D eigenvalue weighted by Crippen LogP contribution is -1.94. The van der Waals surface area contributed by atoms with E-state index in [0.717, 1.165) is 0 Å². The maximum Gasteiger partial charge on any atom is 0.278 e. The van der Waals surface area contributed by atoms with Gasteiger partial charge >= 0.3 is 0 Å². The van der Waals surface area contributed by atoms with E-state index in [9.17, 15) is 15.2 Å². The van der Waals surface area contributed by atoms with E-state index in [0.29, 0.717) is 10.8 Å². The Balaban J connectivity index is 2.19. The second-order valence-corrected chi connectivity index (χ2v) is 4.22. The molecule has 104 valence electrons. The van der Waals surface area contributed by atoms with Gasteiger partial charge in [0.25, 0.3) is 5.69 Å². The normalized spacial score (nSPS) is 11.2. The molecule has 0 saturated carbocycles. The summed E-state index contributed by atoms with van der Waals surface area (Å²) in [7, 11) is 0. The molecule has 1 aromatic heterocycles. The van der Waals surface area contributed by atoms with Gasteiger partial charge in [-0.1, -0.05) is 18.2 Å². The van der Waals surface area contributed by atoms with E-state index in [1.54, 1.807) is 24.3 Å². The summed E-state index contributed by atoms with van der Waals surface area (Å²) in [4.78, 5) is 10.7. The topological polar surface area (TPSA) is 106 Å². The molecule has 0 aliphatic rings. The molecule has 0 atom stereocenters. The molecule has 0 radical (unpaired) electrons. The van der Waals surface area contributed by atoms with Gasteiger partial charge in [-0.05, 0) is 6.07 Å². The van der Waals surface area contributed by atoms with Crippen LogP contribution in [0.2, 0.25) is 0 Å². The molecule has 2 aromatic carbocycles. The van der Waals surface area contributed by atoms with Crippen molar-refractivity contribution in [1.82, 2.24) is 14.9 Å². The Kier molecular flexibility index (Phi) is 3.03.